The highest BCUT2D eigenvalue weighted by molar-refractivity contribution is 6.30. The number of piperidine rings is 1. The second kappa shape index (κ2) is 8.51. The van der Waals surface area contributed by atoms with E-state index in [4.69, 9.17) is 21.1 Å². The Morgan fingerprint density at radius 1 is 1.33 bits per heavy atom. The lowest BCUT2D eigenvalue weighted by atomic mass is 9.98. The molecule has 24 heavy (non-hydrogen) atoms. The molecule has 2 rings (SSSR count). The molecule has 0 spiro atoms. The first-order valence-electron chi connectivity index (χ1n) is 8.45. The lowest BCUT2D eigenvalue weighted by molar-refractivity contribution is 0.00820. The maximum atomic E-state index is 12.4. The fourth-order valence-electron chi connectivity index (χ4n) is 2.72. The van der Waals surface area contributed by atoms with Crippen LogP contribution in [0, 0.1) is 0 Å². The van der Waals surface area contributed by atoms with Crippen LogP contribution in [0.2, 0.25) is 5.02 Å². The molecule has 1 fully saturated rings. The molecule has 0 bridgehead atoms. The molecule has 1 aromatic heterocycles. The minimum absolute atomic E-state index is 0.211. The van der Waals surface area contributed by atoms with E-state index in [-0.39, 0.29) is 12.1 Å². The van der Waals surface area contributed by atoms with Gasteiger partial charge in [-0.15, -0.1) is 0 Å². The number of carbonyl (C=O) groups excluding carboxylic acids is 1. The zero-order valence-electron chi connectivity index (χ0n) is 14.6. The second-order valence-corrected chi connectivity index (χ2v) is 7.43. The Hall–Kier alpha value is -1.56. The van der Waals surface area contributed by atoms with Crippen LogP contribution in [-0.4, -0.2) is 45.8 Å². The molecule has 1 aromatic rings. The number of halogens is 1. The first-order valence-corrected chi connectivity index (χ1v) is 8.83. The molecule has 0 unspecified atom stereocenters. The first kappa shape index (κ1) is 18.8. The molecule has 0 radical (unpaired) electrons. The zero-order chi connectivity index (χ0) is 17.6. The molecule has 1 atom stereocenters. The third-order valence-corrected chi connectivity index (χ3v) is 3.96. The average Bonchev–Trinajstić information content (AvgIpc) is 2.52. The van der Waals surface area contributed by atoms with Crippen molar-refractivity contribution in [3.8, 4) is 6.01 Å². The van der Waals surface area contributed by atoms with E-state index < -0.39 is 5.60 Å². The van der Waals surface area contributed by atoms with Crippen molar-refractivity contribution < 1.29 is 14.3 Å². The summed E-state index contributed by atoms with van der Waals surface area (Å²) < 4.78 is 11.0. The van der Waals surface area contributed by atoms with Gasteiger partial charge in [0.25, 0.3) is 0 Å². The number of hydrogen-bond donors (Lipinski definition) is 0. The zero-order valence-corrected chi connectivity index (χ0v) is 15.4. The van der Waals surface area contributed by atoms with Crippen molar-refractivity contribution in [2.75, 3.05) is 13.2 Å². The summed E-state index contributed by atoms with van der Waals surface area (Å²) in [6.07, 6.45) is 7.70. The molecule has 0 saturated carbocycles. The van der Waals surface area contributed by atoms with Gasteiger partial charge in [0.15, 0.2) is 0 Å². The van der Waals surface area contributed by atoms with Gasteiger partial charge in [0, 0.05) is 12.6 Å². The Morgan fingerprint density at radius 2 is 2.04 bits per heavy atom. The van der Waals surface area contributed by atoms with Crippen LogP contribution in [0.5, 0.6) is 6.01 Å². The summed E-state index contributed by atoms with van der Waals surface area (Å²) in [7, 11) is 0. The highest BCUT2D eigenvalue weighted by atomic mass is 35.5. The van der Waals surface area contributed by atoms with Gasteiger partial charge in [-0.2, -0.15) is 0 Å². The van der Waals surface area contributed by atoms with Crippen molar-refractivity contribution in [2.24, 2.45) is 0 Å². The Balaban J connectivity index is 1.78. The van der Waals surface area contributed by atoms with Gasteiger partial charge < -0.3 is 14.4 Å². The van der Waals surface area contributed by atoms with Gasteiger partial charge in [-0.05, 0) is 52.9 Å². The normalized spacial score (nSPS) is 18.3. The molecule has 1 saturated heterocycles. The Morgan fingerprint density at radius 3 is 2.71 bits per heavy atom. The highest BCUT2D eigenvalue weighted by Crippen LogP contribution is 2.23. The lowest BCUT2D eigenvalue weighted by Gasteiger charge is -2.36. The van der Waals surface area contributed by atoms with Gasteiger partial charge in [-0.25, -0.2) is 14.8 Å². The van der Waals surface area contributed by atoms with Gasteiger partial charge in [0.2, 0.25) is 0 Å². The minimum Gasteiger partial charge on any atom is -0.463 e. The Labute approximate surface area is 148 Å². The molecule has 1 aliphatic heterocycles. The topological polar surface area (TPSA) is 64.5 Å². The molecule has 134 valence electrons. The van der Waals surface area contributed by atoms with E-state index in [1.54, 1.807) is 0 Å². The van der Waals surface area contributed by atoms with Gasteiger partial charge >= 0.3 is 12.1 Å². The van der Waals surface area contributed by atoms with E-state index >= 15 is 0 Å². The molecular formula is C17H26ClN3O3. The first-order chi connectivity index (χ1) is 11.3. The predicted molar refractivity (Wildman–Crippen MR) is 92.4 cm³/mol. The van der Waals surface area contributed by atoms with Crippen molar-refractivity contribution >= 4 is 17.7 Å². The van der Waals surface area contributed by atoms with E-state index in [1.165, 1.54) is 12.4 Å². The third-order valence-electron chi connectivity index (χ3n) is 3.76. The number of hydrogen-bond acceptors (Lipinski definition) is 5. The monoisotopic (exact) mass is 355 g/mol. The van der Waals surface area contributed by atoms with Crippen LogP contribution in [0.3, 0.4) is 0 Å². The van der Waals surface area contributed by atoms with Crippen LogP contribution in [0.4, 0.5) is 4.79 Å². The maximum absolute atomic E-state index is 12.4. The van der Waals surface area contributed by atoms with Crippen LogP contribution in [0.15, 0.2) is 12.4 Å². The van der Waals surface area contributed by atoms with Gasteiger partial charge in [-0.1, -0.05) is 11.6 Å². The molecule has 0 N–H and O–H groups in total. The van der Waals surface area contributed by atoms with E-state index in [9.17, 15) is 4.79 Å². The maximum Gasteiger partial charge on any atom is 0.410 e. The number of likely N-dealkylation sites (tertiary alicyclic amines) is 1. The van der Waals surface area contributed by atoms with Crippen molar-refractivity contribution in [3.05, 3.63) is 17.4 Å². The van der Waals surface area contributed by atoms with Gasteiger partial charge in [0.05, 0.1) is 24.0 Å². The largest absolute Gasteiger partial charge is 0.463 e. The molecule has 0 aromatic carbocycles. The number of ether oxygens (including phenoxy) is 2. The van der Waals surface area contributed by atoms with E-state index in [0.717, 1.165) is 38.6 Å². The fraction of sp³-hybridized carbons (Fsp3) is 0.706. The SMILES string of the molecule is CC(C)(C)OC(=O)N1CCCC[C@@H]1CCCOc1ncc(Cl)cn1. The summed E-state index contributed by atoms with van der Waals surface area (Å²) in [4.78, 5) is 22.2. The fourth-order valence-corrected chi connectivity index (χ4v) is 2.82. The van der Waals surface area contributed by atoms with Crippen molar-refractivity contribution in [3.63, 3.8) is 0 Å². The Bertz CT molecular complexity index is 531. The summed E-state index contributed by atoms with van der Waals surface area (Å²) >= 11 is 5.74. The molecule has 1 amide bonds. The summed E-state index contributed by atoms with van der Waals surface area (Å²) in [6, 6.07) is 0.537. The van der Waals surface area contributed by atoms with E-state index in [0.29, 0.717) is 17.6 Å². The standard InChI is InChI=1S/C17H26ClN3O3/c1-17(2,3)24-16(22)21-9-5-4-7-14(21)8-6-10-23-15-19-11-13(18)12-20-15/h11-12,14H,4-10H2,1-3H3/t14-/m1/s1. The van der Waals surface area contributed by atoms with Crippen molar-refractivity contribution in [1.29, 1.82) is 0 Å². The average molecular weight is 356 g/mol. The number of rotatable bonds is 5. The Kier molecular flexibility index (Phi) is 6.66. The molecule has 6 nitrogen and oxygen atoms in total. The quantitative estimate of drug-likeness (QED) is 0.744. The van der Waals surface area contributed by atoms with Crippen molar-refractivity contribution in [1.82, 2.24) is 14.9 Å². The third kappa shape index (κ3) is 6.15. The van der Waals surface area contributed by atoms with Crippen LogP contribution in [0.1, 0.15) is 52.9 Å². The summed E-state index contributed by atoms with van der Waals surface area (Å²) in [5.74, 6) is 0. The minimum atomic E-state index is -0.464. The lowest BCUT2D eigenvalue weighted by Crippen LogP contribution is -2.46. The number of nitrogens with zero attached hydrogens (tertiary/aromatic N) is 3. The number of aromatic nitrogens is 2. The molecule has 7 heteroatoms. The van der Waals surface area contributed by atoms with E-state index in [1.807, 2.05) is 25.7 Å². The predicted octanol–water partition coefficient (Wildman–Crippen LogP) is 4.08. The van der Waals surface area contributed by atoms with Crippen LogP contribution < -0.4 is 4.74 Å². The molecule has 0 aliphatic carbocycles. The number of amides is 1. The second-order valence-electron chi connectivity index (χ2n) is 7.00. The van der Waals surface area contributed by atoms with Gasteiger partial charge in [-0.3, -0.25) is 0 Å². The smallest absolute Gasteiger partial charge is 0.410 e. The molecule has 2 heterocycles. The van der Waals surface area contributed by atoms with Crippen LogP contribution >= 0.6 is 11.6 Å². The van der Waals surface area contributed by atoms with Crippen LogP contribution in [-0.2, 0) is 4.74 Å². The highest BCUT2D eigenvalue weighted by Gasteiger charge is 2.30. The van der Waals surface area contributed by atoms with Gasteiger partial charge in [0.1, 0.15) is 5.60 Å². The van der Waals surface area contributed by atoms with Crippen LogP contribution in [0.25, 0.3) is 0 Å². The molecule has 1 aliphatic rings. The number of carbonyl (C=O) groups is 1. The summed E-state index contributed by atoms with van der Waals surface area (Å²) in [5.41, 5.74) is -0.464. The molecular weight excluding hydrogens is 330 g/mol. The summed E-state index contributed by atoms with van der Waals surface area (Å²) in [6.45, 7) is 6.96. The van der Waals surface area contributed by atoms with Crippen molar-refractivity contribution in [2.45, 2.75) is 64.5 Å². The summed E-state index contributed by atoms with van der Waals surface area (Å²) in [5, 5.41) is 0.484. The van der Waals surface area contributed by atoms with E-state index in [2.05, 4.69) is 9.97 Å².